The first-order valence-corrected chi connectivity index (χ1v) is 6.49. The lowest BCUT2D eigenvalue weighted by Gasteiger charge is -2.04. The molecular formula is C9H20O4S. The molecule has 0 N–H and O–H groups in total. The minimum Gasteiger partial charge on any atom is -0.248 e. The summed E-state index contributed by atoms with van der Waals surface area (Å²) in [4.78, 5) is 0. The van der Waals surface area contributed by atoms with Crippen LogP contribution in [-0.4, -0.2) is 21.6 Å². The lowest BCUT2D eigenvalue weighted by molar-refractivity contribution is 0.211. The first kappa shape index (κ1) is 13.9. The fourth-order valence-electron chi connectivity index (χ4n) is 0.909. The molecule has 0 amide bonds. The summed E-state index contributed by atoms with van der Waals surface area (Å²) in [7, 11) is -3.73. The van der Waals surface area contributed by atoms with E-state index in [0.717, 1.165) is 25.7 Å². The summed E-state index contributed by atoms with van der Waals surface area (Å²) < 4.78 is 31.1. The third-order valence-electron chi connectivity index (χ3n) is 1.66. The molecule has 0 aliphatic heterocycles. The summed E-state index contributed by atoms with van der Waals surface area (Å²) in [6.07, 6.45) is 4.67. The predicted octanol–water partition coefficient (Wildman–Crippen LogP) is 2.25. The van der Waals surface area contributed by atoms with Crippen molar-refractivity contribution < 1.29 is 16.8 Å². The van der Waals surface area contributed by atoms with Gasteiger partial charge in [0.25, 0.3) is 0 Å². The van der Waals surface area contributed by atoms with Crippen LogP contribution in [0.2, 0.25) is 0 Å². The maximum absolute atomic E-state index is 11.0. The van der Waals surface area contributed by atoms with E-state index in [1.165, 1.54) is 0 Å². The van der Waals surface area contributed by atoms with Gasteiger partial charge in [-0.25, -0.2) is 8.37 Å². The van der Waals surface area contributed by atoms with Gasteiger partial charge in [0.15, 0.2) is 0 Å². The molecule has 86 valence electrons. The van der Waals surface area contributed by atoms with Gasteiger partial charge >= 0.3 is 10.4 Å². The van der Waals surface area contributed by atoms with E-state index in [4.69, 9.17) is 0 Å². The van der Waals surface area contributed by atoms with Crippen molar-refractivity contribution in [2.24, 2.45) is 0 Å². The molecule has 0 unspecified atom stereocenters. The smallest absolute Gasteiger partial charge is 0.248 e. The monoisotopic (exact) mass is 224 g/mol. The highest BCUT2D eigenvalue weighted by Crippen LogP contribution is 2.03. The van der Waals surface area contributed by atoms with Gasteiger partial charge in [-0.05, 0) is 12.8 Å². The van der Waals surface area contributed by atoms with Crippen molar-refractivity contribution in [1.29, 1.82) is 0 Å². The summed E-state index contributed by atoms with van der Waals surface area (Å²) in [5.41, 5.74) is 0. The zero-order chi connectivity index (χ0) is 10.9. The highest BCUT2D eigenvalue weighted by molar-refractivity contribution is 7.81. The molecule has 0 heterocycles. The Kier molecular flexibility index (Phi) is 8.12. The fourth-order valence-corrected chi connectivity index (χ4v) is 1.67. The van der Waals surface area contributed by atoms with E-state index in [1.54, 1.807) is 0 Å². The zero-order valence-electron chi connectivity index (χ0n) is 8.99. The Bertz CT molecular complexity index is 211. The molecule has 0 saturated heterocycles. The molecule has 0 aromatic carbocycles. The van der Waals surface area contributed by atoms with E-state index in [1.807, 2.05) is 6.92 Å². The largest absolute Gasteiger partial charge is 0.399 e. The maximum atomic E-state index is 11.0. The normalized spacial score (nSPS) is 11.9. The van der Waals surface area contributed by atoms with Gasteiger partial charge in [-0.3, -0.25) is 0 Å². The van der Waals surface area contributed by atoms with Crippen molar-refractivity contribution in [3.8, 4) is 0 Å². The molecule has 0 bridgehead atoms. The molecule has 4 nitrogen and oxygen atoms in total. The van der Waals surface area contributed by atoms with Crippen LogP contribution < -0.4 is 0 Å². The van der Waals surface area contributed by atoms with Crippen molar-refractivity contribution in [2.45, 2.75) is 46.0 Å². The molecule has 0 spiro atoms. The Morgan fingerprint density at radius 3 is 2.07 bits per heavy atom. The van der Waals surface area contributed by atoms with Crippen molar-refractivity contribution in [3.05, 3.63) is 0 Å². The van der Waals surface area contributed by atoms with E-state index in [9.17, 15) is 8.42 Å². The molecule has 0 aromatic heterocycles. The Hall–Kier alpha value is -0.130. The summed E-state index contributed by atoms with van der Waals surface area (Å²) >= 11 is 0. The van der Waals surface area contributed by atoms with Crippen LogP contribution in [0.5, 0.6) is 0 Å². The Morgan fingerprint density at radius 1 is 0.857 bits per heavy atom. The van der Waals surface area contributed by atoms with Crippen molar-refractivity contribution in [1.82, 2.24) is 0 Å². The van der Waals surface area contributed by atoms with E-state index in [-0.39, 0.29) is 13.2 Å². The van der Waals surface area contributed by atoms with E-state index >= 15 is 0 Å². The number of hydrogen-bond donors (Lipinski definition) is 0. The quantitative estimate of drug-likeness (QED) is 0.564. The number of rotatable bonds is 9. The van der Waals surface area contributed by atoms with Crippen LogP contribution in [-0.2, 0) is 18.8 Å². The Labute approximate surface area is 86.9 Å². The highest BCUT2D eigenvalue weighted by Gasteiger charge is 2.09. The van der Waals surface area contributed by atoms with E-state index in [2.05, 4.69) is 15.3 Å². The van der Waals surface area contributed by atoms with Gasteiger partial charge < -0.3 is 0 Å². The topological polar surface area (TPSA) is 52.6 Å². The van der Waals surface area contributed by atoms with Crippen molar-refractivity contribution >= 4 is 10.4 Å². The fraction of sp³-hybridized carbons (Fsp3) is 1.00. The molecule has 0 aliphatic rings. The van der Waals surface area contributed by atoms with Gasteiger partial charge in [-0.15, -0.1) is 0 Å². The molecule has 0 aliphatic carbocycles. The molecule has 5 heteroatoms. The second-order valence-electron chi connectivity index (χ2n) is 3.11. The zero-order valence-corrected chi connectivity index (χ0v) is 9.81. The van der Waals surface area contributed by atoms with Gasteiger partial charge in [0.2, 0.25) is 0 Å². The Morgan fingerprint density at radius 2 is 1.50 bits per heavy atom. The minimum atomic E-state index is -3.73. The van der Waals surface area contributed by atoms with Crippen LogP contribution in [0.1, 0.15) is 46.0 Å². The SMILES string of the molecule is CCCCCCOS(=O)(=O)OCCC. The van der Waals surface area contributed by atoms with Gasteiger partial charge in [-0.1, -0.05) is 33.1 Å². The van der Waals surface area contributed by atoms with E-state index in [0.29, 0.717) is 6.42 Å². The number of unbranched alkanes of at least 4 members (excludes halogenated alkanes) is 3. The molecule has 0 rings (SSSR count). The molecule has 0 radical (unpaired) electrons. The second kappa shape index (κ2) is 8.20. The van der Waals surface area contributed by atoms with E-state index < -0.39 is 10.4 Å². The first-order chi connectivity index (χ1) is 6.62. The van der Waals surface area contributed by atoms with Crippen LogP contribution >= 0.6 is 0 Å². The average molecular weight is 224 g/mol. The third-order valence-corrected chi connectivity index (χ3v) is 2.57. The number of hydrogen-bond acceptors (Lipinski definition) is 4. The summed E-state index contributed by atoms with van der Waals surface area (Å²) in [6.45, 7) is 4.36. The van der Waals surface area contributed by atoms with Gasteiger partial charge in [0, 0.05) is 0 Å². The van der Waals surface area contributed by atoms with Crippen LogP contribution in [0, 0.1) is 0 Å². The molecule has 0 atom stereocenters. The highest BCUT2D eigenvalue weighted by atomic mass is 32.3. The summed E-state index contributed by atoms with van der Waals surface area (Å²) in [5, 5.41) is 0. The van der Waals surface area contributed by atoms with Crippen molar-refractivity contribution in [3.63, 3.8) is 0 Å². The van der Waals surface area contributed by atoms with Crippen LogP contribution in [0.4, 0.5) is 0 Å². The lowest BCUT2D eigenvalue weighted by Crippen LogP contribution is -2.11. The molecule has 0 fully saturated rings. The van der Waals surface area contributed by atoms with Gasteiger partial charge in [0.05, 0.1) is 13.2 Å². The lowest BCUT2D eigenvalue weighted by atomic mass is 10.2. The summed E-state index contributed by atoms with van der Waals surface area (Å²) in [6, 6.07) is 0. The molecule has 0 aromatic rings. The average Bonchev–Trinajstić information content (AvgIpc) is 2.15. The standard InChI is InChI=1S/C9H20O4S/c1-3-5-6-7-9-13-14(10,11)12-8-4-2/h3-9H2,1-2H3. The first-order valence-electron chi connectivity index (χ1n) is 5.16. The van der Waals surface area contributed by atoms with Crippen LogP contribution in [0.15, 0.2) is 0 Å². The van der Waals surface area contributed by atoms with Crippen molar-refractivity contribution in [2.75, 3.05) is 13.2 Å². The second-order valence-corrected chi connectivity index (χ2v) is 4.40. The molecular weight excluding hydrogens is 204 g/mol. The van der Waals surface area contributed by atoms with Gasteiger partial charge in [-0.2, -0.15) is 8.42 Å². The Balaban J connectivity index is 3.46. The predicted molar refractivity (Wildman–Crippen MR) is 55.3 cm³/mol. The molecule has 14 heavy (non-hydrogen) atoms. The maximum Gasteiger partial charge on any atom is 0.399 e. The van der Waals surface area contributed by atoms with Gasteiger partial charge in [0.1, 0.15) is 0 Å². The van der Waals surface area contributed by atoms with Crippen LogP contribution in [0.25, 0.3) is 0 Å². The van der Waals surface area contributed by atoms with Crippen LogP contribution in [0.3, 0.4) is 0 Å². The molecule has 0 saturated carbocycles. The summed E-state index contributed by atoms with van der Waals surface area (Å²) in [5.74, 6) is 0. The third kappa shape index (κ3) is 8.47. The minimum absolute atomic E-state index is 0.192.